The maximum absolute atomic E-state index is 10.7. The first-order chi connectivity index (χ1) is 10.2. The summed E-state index contributed by atoms with van der Waals surface area (Å²) >= 11 is 0. The van der Waals surface area contributed by atoms with Gasteiger partial charge in [-0.05, 0) is 0 Å². The first-order valence-corrected chi connectivity index (χ1v) is 5.91. The Labute approximate surface area is 117 Å². The van der Waals surface area contributed by atoms with E-state index in [4.69, 9.17) is 0 Å². The number of imidazole rings is 1. The van der Waals surface area contributed by atoms with Crippen molar-refractivity contribution < 1.29 is 4.92 Å². The number of aromatic nitrogens is 4. The molecule has 9 nitrogen and oxygen atoms in total. The number of nitro groups is 1. The fourth-order valence-corrected chi connectivity index (χ4v) is 1.74. The Hall–Kier alpha value is -3.36. The lowest BCUT2D eigenvalue weighted by Crippen LogP contribution is -1.96. The lowest BCUT2D eigenvalue weighted by atomic mass is 10.2. The van der Waals surface area contributed by atoms with Gasteiger partial charge in [0.05, 0.1) is 17.5 Å². The van der Waals surface area contributed by atoms with Crippen molar-refractivity contribution in [2.45, 2.75) is 0 Å². The summed E-state index contributed by atoms with van der Waals surface area (Å²) < 4.78 is 0. The summed E-state index contributed by atoms with van der Waals surface area (Å²) in [5.41, 5.74) is 4.52. The quantitative estimate of drug-likeness (QED) is 0.427. The molecule has 0 amide bonds. The van der Waals surface area contributed by atoms with Gasteiger partial charge in [-0.15, -0.1) is 0 Å². The van der Waals surface area contributed by atoms with E-state index in [1.165, 1.54) is 31.0 Å². The highest BCUT2D eigenvalue weighted by Crippen LogP contribution is 2.14. The van der Waals surface area contributed by atoms with E-state index in [-0.39, 0.29) is 5.69 Å². The molecule has 104 valence electrons. The number of fused-ring (bicyclic) bond motifs is 1. The Morgan fingerprint density at radius 3 is 3.10 bits per heavy atom. The van der Waals surface area contributed by atoms with Crippen LogP contribution in [0.4, 0.5) is 11.5 Å². The molecule has 2 aromatic heterocycles. The maximum atomic E-state index is 10.7. The number of nitrogens with zero attached hydrogens (tertiary/aromatic N) is 5. The van der Waals surface area contributed by atoms with Crippen LogP contribution in [0.15, 0.2) is 42.0 Å². The Bertz CT molecular complexity index is 827. The smallest absolute Gasteiger partial charge is 0.270 e. The van der Waals surface area contributed by atoms with Crippen molar-refractivity contribution in [3.63, 3.8) is 0 Å². The van der Waals surface area contributed by atoms with Crippen LogP contribution in [0.25, 0.3) is 11.2 Å². The summed E-state index contributed by atoms with van der Waals surface area (Å²) in [6, 6.07) is 6.15. The molecule has 0 radical (unpaired) electrons. The molecule has 3 rings (SSSR count). The number of rotatable bonds is 4. The standard InChI is InChI=1S/C12H9N7O2/c20-19(21)9-3-1-2-8(4-9)5-17-18-12-10-11(14-6-13-10)15-7-16-12/h1-7H,(H2,13,14,15,16,18)/b17-5-. The number of hydrogen-bond acceptors (Lipinski definition) is 7. The van der Waals surface area contributed by atoms with Crippen LogP contribution in [0.3, 0.4) is 0 Å². The third kappa shape index (κ3) is 2.66. The van der Waals surface area contributed by atoms with Crippen molar-refractivity contribution in [3.8, 4) is 0 Å². The number of hydrazone groups is 1. The monoisotopic (exact) mass is 283 g/mol. The van der Waals surface area contributed by atoms with E-state index in [2.05, 4.69) is 30.5 Å². The molecule has 3 aromatic rings. The number of nitro benzene ring substituents is 1. The van der Waals surface area contributed by atoms with Gasteiger partial charge in [0, 0.05) is 17.7 Å². The largest absolute Gasteiger partial charge is 0.340 e. The second-order valence-corrected chi connectivity index (χ2v) is 4.05. The van der Waals surface area contributed by atoms with Gasteiger partial charge in [0.25, 0.3) is 5.69 Å². The molecule has 2 N–H and O–H groups in total. The van der Waals surface area contributed by atoms with E-state index in [0.29, 0.717) is 22.5 Å². The highest BCUT2D eigenvalue weighted by atomic mass is 16.6. The average Bonchev–Trinajstić information content (AvgIpc) is 2.97. The second-order valence-electron chi connectivity index (χ2n) is 4.05. The third-order valence-corrected chi connectivity index (χ3v) is 2.69. The molecule has 2 heterocycles. The fourth-order valence-electron chi connectivity index (χ4n) is 1.74. The summed E-state index contributed by atoms with van der Waals surface area (Å²) in [5, 5.41) is 14.7. The highest BCUT2D eigenvalue weighted by molar-refractivity contribution is 5.84. The fraction of sp³-hybridized carbons (Fsp3) is 0. The van der Waals surface area contributed by atoms with Crippen LogP contribution >= 0.6 is 0 Å². The molecule has 0 aliphatic carbocycles. The number of hydrogen-bond donors (Lipinski definition) is 2. The molecule has 0 aliphatic heterocycles. The summed E-state index contributed by atoms with van der Waals surface area (Å²) in [5.74, 6) is 0.471. The average molecular weight is 283 g/mol. The third-order valence-electron chi connectivity index (χ3n) is 2.69. The lowest BCUT2D eigenvalue weighted by molar-refractivity contribution is -0.384. The minimum Gasteiger partial charge on any atom is -0.340 e. The van der Waals surface area contributed by atoms with Crippen molar-refractivity contribution in [2.75, 3.05) is 5.43 Å². The summed E-state index contributed by atoms with van der Waals surface area (Å²) in [7, 11) is 0. The van der Waals surface area contributed by atoms with Crippen LogP contribution < -0.4 is 5.43 Å². The van der Waals surface area contributed by atoms with Crippen LogP contribution in [-0.2, 0) is 0 Å². The van der Waals surface area contributed by atoms with Gasteiger partial charge in [0.15, 0.2) is 11.5 Å². The van der Waals surface area contributed by atoms with Crippen LogP contribution in [0.1, 0.15) is 5.56 Å². The molecule has 1 aromatic carbocycles. The molecule has 21 heavy (non-hydrogen) atoms. The first-order valence-electron chi connectivity index (χ1n) is 5.91. The Morgan fingerprint density at radius 1 is 1.33 bits per heavy atom. The zero-order valence-corrected chi connectivity index (χ0v) is 10.6. The second kappa shape index (κ2) is 5.33. The van der Waals surface area contributed by atoms with Gasteiger partial charge in [0.2, 0.25) is 0 Å². The molecule has 0 atom stereocenters. The van der Waals surface area contributed by atoms with E-state index in [1.54, 1.807) is 12.1 Å². The van der Waals surface area contributed by atoms with E-state index >= 15 is 0 Å². The first kappa shape index (κ1) is 12.7. The van der Waals surface area contributed by atoms with Crippen molar-refractivity contribution in [3.05, 3.63) is 52.6 Å². The van der Waals surface area contributed by atoms with E-state index in [1.807, 2.05) is 0 Å². The number of non-ortho nitro benzene ring substituents is 1. The Balaban J connectivity index is 1.79. The summed E-state index contributed by atoms with van der Waals surface area (Å²) in [6.45, 7) is 0. The minimum absolute atomic E-state index is 0.0111. The lowest BCUT2D eigenvalue weighted by Gasteiger charge is -1.99. The van der Waals surface area contributed by atoms with E-state index < -0.39 is 4.92 Å². The normalized spacial score (nSPS) is 11.0. The van der Waals surface area contributed by atoms with Crippen molar-refractivity contribution in [2.24, 2.45) is 5.10 Å². The summed E-state index contributed by atoms with van der Waals surface area (Å²) in [4.78, 5) is 25.1. The number of benzene rings is 1. The topological polar surface area (TPSA) is 122 Å². The minimum atomic E-state index is -0.455. The molecule has 0 aliphatic rings. The molecular formula is C12H9N7O2. The van der Waals surface area contributed by atoms with Crippen LogP contribution in [0, 0.1) is 10.1 Å². The zero-order chi connectivity index (χ0) is 14.7. The van der Waals surface area contributed by atoms with Gasteiger partial charge in [0.1, 0.15) is 11.8 Å². The SMILES string of the molecule is O=[N+]([O-])c1cccc(/C=N\Nc2ncnc3nc[nH]c23)c1. The summed E-state index contributed by atoms with van der Waals surface area (Å²) in [6.07, 6.45) is 4.35. The Kier molecular flexibility index (Phi) is 3.21. The number of anilines is 1. The maximum Gasteiger partial charge on any atom is 0.270 e. The highest BCUT2D eigenvalue weighted by Gasteiger charge is 2.05. The predicted octanol–water partition coefficient (Wildman–Crippen LogP) is 1.71. The van der Waals surface area contributed by atoms with Crippen molar-refractivity contribution in [1.82, 2.24) is 19.9 Å². The van der Waals surface area contributed by atoms with E-state index in [0.717, 1.165) is 0 Å². The molecule has 0 fully saturated rings. The molecule has 0 unspecified atom stereocenters. The van der Waals surface area contributed by atoms with Crippen molar-refractivity contribution in [1.29, 1.82) is 0 Å². The molecule has 0 saturated heterocycles. The van der Waals surface area contributed by atoms with Crippen LogP contribution in [0.5, 0.6) is 0 Å². The van der Waals surface area contributed by atoms with Gasteiger partial charge in [-0.3, -0.25) is 15.5 Å². The van der Waals surface area contributed by atoms with Gasteiger partial charge >= 0.3 is 0 Å². The number of aromatic amines is 1. The Morgan fingerprint density at radius 2 is 2.24 bits per heavy atom. The number of H-pyrrole nitrogens is 1. The zero-order valence-electron chi connectivity index (χ0n) is 10.6. The molecule has 0 saturated carbocycles. The van der Waals surface area contributed by atoms with Crippen molar-refractivity contribution >= 4 is 28.9 Å². The van der Waals surface area contributed by atoms with Gasteiger partial charge in [-0.1, -0.05) is 12.1 Å². The molecule has 0 bridgehead atoms. The van der Waals surface area contributed by atoms with Gasteiger partial charge < -0.3 is 4.98 Å². The van der Waals surface area contributed by atoms with Gasteiger partial charge in [-0.25, -0.2) is 15.0 Å². The van der Waals surface area contributed by atoms with Crippen LogP contribution in [0.2, 0.25) is 0 Å². The molecule has 0 spiro atoms. The molecular weight excluding hydrogens is 274 g/mol. The predicted molar refractivity (Wildman–Crippen MR) is 76.0 cm³/mol. The van der Waals surface area contributed by atoms with Gasteiger partial charge in [-0.2, -0.15) is 5.10 Å². The van der Waals surface area contributed by atoms with Crippen LogP contribution in [-0.4, -0.2) is 31.1 Å². The van der Waals surface area contributed by atoms with E-state index in [9.17, 15) is 10.1 Å². The molecule has 9 heteroatoms. The number of nitrogens with one attached hydrogen (secondary N) is 2.